The van der Waals surface area contributed by atoms with Crippen molar-refractivity contribution < 1.29 is 26.4 Å². The minimum absolute atomic E-state index is 0.0506. The number of nitrogens with two attached hydrogens (primary N) is 1. The fourth-order valence-electron chi connectivity index (χ4n) is 2.87. The zero-order valence-corrected chi connectivity index (χ0v) is 19.9. The zero-order chi connectivity index (χ0) is 24.3. The van der Waals surface area contributed by atoms with Crippen LogP contribution >= 0.6 is 22.6 Å². The average Bonchev–Trinajstić information content (AvgIpc) is 2.74. The van der Waals surface area contributed by atoms with E-state index in [2.05, 4.69) is 19.7 Å². The second kappa shape index (κ2) is 9.93. The third kappa shape index (κ3) is 5.91. The van der Waals surface area contributed by atoms with Crippen LogP contribution in [0.5, 0.6) is 0 Å². The van der Waals surface area contributed by atoms with Crippen LogP contribution in [0.1, 0.15) is 21.6 Å². The molecule has 13 heteroatoms. The van der Waals surface area contributed by atoms with Gasteiger partial charge in [-0.25, -0.2) is 22.9 Å². The summed E-state index contributed by atoms with van der Waals surface area (Å²) in [5.41, 5.74) is 4.12. The number of benzene rings is 2. The predicted molar refractivity (Wildman–Crippen MR) is 126 cm³/mol. The van der Waals surface area contributed by atoms with E-state index in [4.69, 9.17) is 5.73 Å². The number of nitrogens with one attached hydrogen (secondary N) is 3. The highest BCUT2D eigenvalue weighted by Gasteiger charge is 2.23. The fourth-order valence-corrected chi connectivity index (χ4v) is 3.81. The molecule has 0 bridgehead atoms. The Balaban J connectivity index is 1.99. The minimum Gasteiger partial charge on any atom is -0.366 e. The van der Waals surface area contributed by atoms with Crippen molar-refractivity contribution in [3.63, 3.8) is 0 Å². The molecule has 0 saturated heterocycles. The molecule has 3 rings (SSSR count). The first kappa shape index (κ1) is 24.7. The molecular weight excluding hydrogens is 574 g/mol. The van der Waals surface area contributed by atoms with Crippen LogP contribution in [0.3, 0.4) is 0 Å². The normalized spacial score (nSPS) is 11.3. The quantitative estimate of drug-likeness (QED) is 0.299. The van der Waals surface area contributed by atoms with Gasteiger partial charge in [-0.1, -0.05) is 6.07 Å². The van der Waals surface area contributed by atoms with Crippen molar-refractivity contribution in [1.82, 2.24) is 9.71 Å². The maximum atomic E-state index is 14.9. The van der Waals surface area contributed by atoms with Crippen molar-refractivity contribution in [3.05, 3.63) is 80.3 Å². The minimum atomic E-state index is -3.83. The van der Waals surface area contributed by atoms with Crippen molar-refractivity contribution in [2.45, 2.75) is 6.42 Å². The third-order valence-electron chi connectivity index (χ3n) is 4.42. The van der Waals surface area contributed by atoms with Gasteiger partial charge >= 0.3 is 0 Å². The molecule has 5 N–H and O–H groups in total. The van der Waals surface area contributed by atoms with Crippen molar-refractivity contribution in [3.8, 4) is 0 Å². The van der Waals surface area contributed by atoms with E-state index in [1.54, 1.807) is 6.07 Å². The molecule has 2 aromatic carbocycles. The lowest BCUT2D eigenvalue weighted by atomic mass is 10.0. The highest BCUT2D eigenvalue weighted by atomic mass is 127. The lowest BCUT2D eigenvalue weighted by Gasteiger charge is -2.15. The number of hydrogen-bond acceptors (Lipinski definition) is 5. The van der Waals surface area contributed by atoms with E-state index in [9.17, 15) is 26.4 Å². The van der Waals surface area contributed by atoms with Gasteiger partial charge in [0.1, 0.15) is 11.6 Å². The van der Waals surface area contributed by atoms with Crippen LogP contribution in [-0.2, 0) is 16.6 Å². The Morgan fingerprint density at radius 1 is 1.12 bits per heavy atom. The van der Waals surface area contributed by atoms with Gasteiger partial charge in [0.2, 0.25) is 0 Å². The summed E-state index contributed by atoms with van der Waals surface area (Å²) in [5.74, 6) is -4.56. The SMILES string of the molecule is CNS(=O)(=O)Nc1cccc(Cc2cc(C(N)=O)c(Nc3ccc(I)cc3F)c(F)c2F)n1. The molecular formula is C20H17F3IN5O3S. The predicted octanol–water partition coefficient (Wildman–Crippen LogP) is 3.41. The maximum Gasteiger partial charge on any atom is 0.300 e. The first-order chi connectivity index (χ1) is 15.5. The summed E-state index contributed by atoms with van der Waals surface area (Å²) in [6.07, 6.45) is -0.281. The second-order valence-corrected chi connectivity index (χ2v) is 9.57. The number of halogens is 4. The number of nitrogens with zero attached hydrogens (tertiary/aromatic N) is 1. The molecule has 0 aliphatic heterocycles. The summed E-state index contributed by atoms with van der Waals surface area (Å²) >= 11 is 1.89. The highest BCUT2D eigenvalue weighted by molar-refractivity contribution is 14.1. The van der Waals surface area contributed by atoms with Crippen LogP contribution in [-0.4, -0.2) is 26.4 Å². The van der Waals surface area contributed by atoms with E-state index in [0.29, 0.717) is 3.57 Å². The average molecular weight is 591 g/mol. The Hall–Kier alpha value is -2.91. The number of aromatic nitrogens is 1. The summed E-state index contributed by atoms with van der Waals surface area (Å²) in [6, 6.07) is 9.37. The lowest BCUT2D eigenvalue weighted by molar-refractivity contribution is 0.100. The Morgan fingerprint density at radius 3 is 2.48 bits per heavy atom. The number of anilines is 3. The molecule has 1 heterocycles. The largest absolute Gasteiger partial charge is 0.366 e. The number of carbonyl (C=O) groups is 1. The van der Waals surface area contributed by atoms with Gasteiger partial charge in [-0.05, 0) is 64.6 Å². The van der Waals surface area contributed by atoms with Gasteiger partial charge < -0.3 is 11.1 Å². The molecule has 0 aliphatic rings. The monoisotopic (exact) mass is 591 g/mol. The summed E-state index contributed by atoms with van der Waals surface area (Å²) in [7, 11) is -2.63. The van der Waals surface area contributed by atoms with Crippen LogP contribution in [0.4, 0.5) is 30.4 Å². The topological polar surface area (TPSA) is 126 Å². The number of primary amides is 1. The molecule has 33 heavy (non-hydrogen) atoms. The van der Waals surface area contributed by atoms with E-state index in [1.165, 1.54) is 37.4 Å². The summed E-state index contributed by atoms with van der Waals surface area (Å²) in [5, 5.41) is 2.40. The molecule has 1 amide bonds. The van der Waals surface area contributed by atoms with Gasteiger partial charge in [-0.3, -0.25) is 9.52 Å². The second-order valence-electron chi connectivity index (χ2n) is 6.70. The Morgan fingerprint density at radius 2 is 1.85 bits per heavy atom. The summed E-state index contributed by atoms with van der Waals surface area (Å²) < 4.78 is 72.1. The van der Waals surface area contributed by atoms with Crippen molar-refractivity contribution >= 4 is 55.9 Å². The van der Waals surface area contributed by atoms with E-state index in [0.717, 1.165) is 6.07 Å². The number of amides is 1. The first-order valence-corrected chi connectivity index (χ1v) is 11.8. The Bertz CT molecular complexity index is 1340. The van der Waals surface area contributed by atoms with Crippen LogP contribution in [0.25, 0.3) is 0 Å². The van der Waals surface area contributed by atoms with Crippen LogP contribution in [0.15, 0.2) is 42.5 Å². The molecule has 0 atom stereocenters. The molecule has 174 valence electrons. The molecule has 0 aliphatic carbocycles. The first-order valence-electron chi connectivity index (χ1n) is 9.20. The van der Waals surface area contributed by atoms with Gasteiger partial charge in [0.15, 0.2) is 11.6 Å². The maximum absolute atomic E-state index is 14.9. The van der Waals surface area contributed by atoms with Crippen LogP contribution in [0.2, 0.25) is 0 Å². The van der Waals surface area contributed by atoms with Crippen molar-refractivity contribution in [2.75, 3.05) is 17.1 Å². The molecule has 0 fully saturated rings. The van der Waals surface area contributed by atoms with Gasteiger partial charge in [-0.2, -0.15) is 8.42 Å². The van der Waals surface area contributed by atoms with Crippen molar-refractivity contribution in [1.29, 1.82) is 0 Å². The molecule has 0 unspecified atom stereocenters. The van der Waals surface area contributed by atoms with Crippen molar-refractivity contribution in [2.24, 2.45) is 5.73 Å². The molecule has 8 nitrogen and oxygen atoms in total. The Kier molecular flexibility index (Phi) is 7.44. The zero-order valence-electron chi connectivity index (χ0n) is 16.9. The molecule has 0 radical (unpaired) electrons. The van der Waals surface area contributed by atoms with E-state index in [-0.39, 0.29) is 29.2 Å². The molecule has 1 aromatic heterocycles. The van der Waals surface area contributed by atoms with Gasteiger partial charge in [0.25, 0.3) is 16.1 Å². The molecule has 3 aromatic rings. The van der Waals surface area contributed by atoms with Gasteiger partial charge in [0.05, 0.1) is 16.9 Å². The van der Waals surface area contributed by atoms with E-state index in [1.807, 2.05) is 22.6 Å². The standard InChI is InChI=1S/C20H17F3IN5O3S/c1-26-33(31,32)29-16-4-2-3-12(27-16)7-10-8-13(20(25)30)19(18(23)17(10)22)28-15-6-5-11(24)9-14(15)21/h2-6,8-9,26,28H,7H2,1H3,(H2,25,30)(H,27,29). The van der Waals surface area contributed by atoms with E-state index < -0.39 is 44.8 Å². The van der Waals surface area contributed by atoms with Gasteiger partial charge in [0, 0.05) is 22.7 Å². The lowest BCUT2D eigenvalue weighted by Crippen LogP contribution is -2.26. The van der Waals surface area contributed by atoms with Crippen LogP contribution in [0, 0.1) is 21.0 Å². The molecule has 0 saturated carbocycles. The van der Waals surface area contributed by atoms with E-state index >= 15 is 0 Å². The summed E-state index contributed by atoms with van der Waals surface area (Å²) in [6.45, 7) is 0. The Labute approximate surface area is 201 Å². The number of pyridine rings is 1. The van der Waals surface area contributed by atoms with Crippen LogP contribution < -0.4 is 20.5 Å². The van der Waals surface area contributed by atoms with Gasteiger partial charge in [-0.15, -0.1) is 0 Å². The third-order valence-corrected chi connectivity index (χ3v) is 6.11. The fraction of sp³-hybridized carbons (Fsp3) is 0.100. The number of hydrogen-bond donors (Lipinski definition) is 4. The summed E-state index contributed by atoms with van der Waals surface area (Å²) in [4.78, 5) is 16.0. The smallest absolute Gasteiger partial charge is 0.300 e. The number of carbonyl (C=O) groups excluding carboxylic acids is 1. The molecule has 0 spiro atoms. The number of rotatable bonds is 8. The highest BCUT2D eigenvalue weighted by Crippen LogP contribution is 2.31.